The van der Waals surface area contributed by atoms with Crippen molar-refractivity contribution in [1.29, 1.82) is 0 Å². The van der Waals surface area contributed by atoms with Crippen LogP contribution in [0.3, 0.4) is 0 Å². The van der Waals surface area contributed by atoms with E-state index in [1.165, 1.54) is 108 Å². The fraction of sp³-hybridized carbons (Fsp3) is 0.653. The molecule has 2 aromatic heterocycles. The minimum Gasteiger partial charge on any atom is -0.379 e. The highest BCUT2D eigenvalue weighted by atomic mass is 35.5. The van der Waals surface area contributed by atoms with E-state index in [2.05, 4.69) is 292 Å². The molecule has 6 aliphatic rings. The molecule has 6 fully saturated rings. The molecule has 6 aliphatic heterocycles. The standard InChI is InChI=1S/C15H23FN2O2S.C13H19N.C10H22N2O2S.C10H14.C9H11Cl.C9H13N.C9H19N.C8H17NO.C8H11N.C7H15NO/c1-12(2)18-9-8-17(10-13(18)3)21(19,20)11-14-4-6-15(16)7-5-14;1-11(2)14-10-6-9-13(14)12-7-4-3-5-8-12;1-5-15(13,14)11-6-7-12(9(2)3)10(4)8-11;1-8(2)10-7-5-4-6-9(10)3;1-7(2)8-5-3-4-6-9(8)10;1-7(2)9-4-5-10-6-8(9)3;1-8(2)10-7-5-4-6-9(10)3;1-7(2)9-4-5-10-6-8(9)3;1-7(2)8-4-3-5-9-6-8;1-7(2)8-3-5-9-6-4-8/h4-7,12-13H,8-11H2,1-3H3;3-5,7-8,11,13H,6,9-10H2,1-2H3;9-10H,5-8H2,1-4H3;4-8H,1-3H3;3-7H,1-2H3;4-7H,1-3H3;8-9H,4-7H2,1-3H3;7-8H,4-6H2,1-3H3;3-7H,1-2H3;7H,3-6H2,1-2H3. The quantitative estimate of drug-likeness (QED) is 0.0908. The largest absolute Gasteiger partial charge is 0.379 e. The Morgan fingerprint density at radius 3 is 1.30 bits per heavy atom. The van der Waals surface area contributed by atoms with Crippen LogP contribution in [0.4, 0.5) is 4.39 Å². The van der Waals surface area contributed by atoms with Crippen molar-refractivity contribution in [3.63, 3.8) is 0 Å². The van der Waals surface area contributed by atoms with Crippen molar-refractivity contribution >= 4 is 31.6 Å². The van der Waals surface area contributed by atoms with Gasteiger partial charge in [0.25, 0.3) is 0 Å². The van der Waals surface area contributed by atoms with E-state index in [4.69, 9.17) is 21.1 Å². The number of aryl methyl sites for hydroxylation is 2. The number of hydrogen-bond donors (Lipinski definition) is 0. The van der Waals surface area contributed by atoms with E-state index < -0.39 is 20.0 Å². The molecule has 6 saturated heterocycles. The summed E-state index contributed by atoms with van der Waals surface area (Å²) in [5, 5.41) is 0.873. The van der Waals surface area contributed by atoms with Crippen molar-refractivity contribution in [2.24, 2.45) is 0 Å². The number of hydrogen-bond acceptors (Lipinski definition) is 14. The summed E-state index contributed by atoms with van der Waals surface area (Å²) in [4.78, 5) is 22.8. The second-order valence-electron chi connectivity index (χ2n) is 35.5. The first-order valence-corrected chi connectivity index (χ1v) is 48.3. The van der Waals surface area contributed by atoms with Gasteiger partial charge in [0.15, 0.2) is 0 Å². The molecule has 6 aromatic rings. The summed E-state index contributed by atoms with van der Waals surface area (Å²) in [5.74, 6) is 2.18. The van der Waals surface area contributed by atoms with Crippen LogP contribution in [-0.2, 0) is 35.3 Å². The Kier molecular flexibility index (Phi) is 51.4. The summed E-state index contributed by atoms with van der Waals surface area (Å²) in [7, 11) is -6.34. The fourth-order valence-corrected chi connectivity index (χ4v) is 19.1. The molecule has 0 bridgehead atoms. The molecule has 12 rings (SSSR count). The molecule has 20 heteroatoms. The Balaban J connectivity index is 0.000000343. The second-order valence-corrected chi connectivity index (χ2v) is 40.1. The lowest BCUT2D eigenvalue weighted by molar-refractivity contribution is -0.0149. The highest BCUT2D eigenvalue weighted by Gasteiger charge is 2.34. The topological polar surface area (TPSA) is 138 Å². The average Bonchev–Trinajstić information content (AvgIpc) is 1.08. The molecule has 0 amide bonds. The molecule has 0 spiro atoms. The fourth-order valence-electron chi connectivity index (χ4n) is 15.9. The summed E-state index contributed by atoms with van der Waals surface area (Å²) in [5.41, 5.74) is 10.2. The molecular weight excluding hydrogens is 1530 g/mol. The van der Waals surface area contributed by atoms with E-state index in [-0.39, 0.29) is 23.4 Å². The van der Waals surface area contributed by atoms with E-state index >= 15 is 0 Å². The Morgan fingerprint density at radius 2 is 0.898 bits per heavy atom. The predicted molar refractivity (Wildman–Crippen MR) is 502 cm³/mol. The maximum absolute atomic E-state index is 12.9. The van der Waals surface area contributed by atoms with Crippen LogP contribution in [0.1, 0.15) is 279 Å². The monoisotopic (exact) mass is 1700 g/mol. The number of morpholine rings is 2. The Labute approximate surface area is 726 Å². The van der Waals surface area contributed by atoms with Gasteiger partial charge in [-0.05, 0) is 269 Å². The minimum absolute atomic E-state index is 0.0678. The third-order valence-electron chi connectivity index (χ3n) is 22.9. The number of ether oxygens (including phenoxy) is 2. The molecule has 0 saturated carbocycles. The molecule has 4 aromatic carbocycles. The van der Waals surface area contributed by atoms with Crippen molar-refractivity contribution < 1.29 is 30.7 Å². The lowest BCUT2D eigenvalue weighted by Gasteiger charge is -2.41. The molecule has 5 atom stereocenters. The first-order valence-electron chi connectivity index (χ1n) is 44.7. The Bertz CT molecular complexity index is 3690. The lowest BCUT2D eigenvalue weighted by atomic mass is 9.99. The Hall–Kier alpha value is -5.10. The van der Waals surface area contributed by atoms with Crippen LogP contribution in [-0.4, -0.2) is 229 Å². The van der Waals surface area contributed by atoms with Crippen LogP contribution in [0.2, 0.25) is 5.02 Å². The summed E-state index contributed by atoms with van der Waals surface area (Å²) in [6.07, 6.45) is 14.4. The van der Waals surface area contributed by atoms with E-state index in [9.17, 15) is 21.2 Å². The van der Waals surface area contributed by atoms with Crippen LogP contribution in [0, 0.1) is 19.7 Å². The van der Waals surface area contributed by atoms with Gasteiger partial charge in [-0.15, -0.1) is 0 Å². The van der Waals surface area contributed by atoms with Gasteiger partial charge in [-0.1, -0.05) is 164 Å². The van der Waals surface area contributed by atoms with Gasteiger partial charge in [-0.25, -0.2) is 21.2 Å². The highest BCUT2D eigenvalue weighted by molar-refractivity contribution is 7.89. The molecule has 0 radical (unpaired) electrons. The number of piperidine rings is 1. The third-order valence-corrected chi connectivity index (χ3v) is 26.9. The van der Waals surface area contributed by atoms with Crippen LogP contribution in [0.5, 0.6) is 0 Å². The SMILES string of the molecule is CC(C)N1CCCC1c1ccccc1.CC(C)N1CCCCC1C.CC(C)N1CCN(S(=O)(=O)Cc2ccc(F)cc2)CC1C.CC(C)N1CCOCC1.CC(C)N1CCOCC1C.CC(C)c1ccccc1Cl.CC(C)c1cccnc1.CCS(=O)(=O)N1CCN(C(C)C)C(C)C1.Cc1ccccc1C(C)C.Cc1cnccc1C(C)C. The lowest BCUT2D eigenvalue weighted by Crippen LogP contribution is -2.55. The smallest absolute Gasteiger partial charge is 0.218 e. The molecule has 118 heavy (non-hydrogen) atoms. The normalized spacial score (nSPS) is 20.1. The Morgan fingerprint density at radius 1 is 0.424 bits per heavy atom. The number of benzene rings is 4. The van der Waals surface area contributed by atoms with E-state index in [1.54, 1.807) is 21.7 Å². The molecule has 8 heterocycles. The van der Waals surface area contributed by atoms with Gasteiger partial charge in [0.05, 0.1) is 37.9 Å². The summed E-state index contributed by atoms with van der Waals surface area (Å²) >= 11 is 5.92. The van der Waals surface area contributed by atoms with Crippen molar-refractivity contribution in [2.75, 3.05) is 104 Å². The molecule has 0 aliphatic carbocycles. The zero-order chi connectivity index (χ0) is 88.4. The second kappa shape index (κ2) is 56.6. The first kappa shape index (κ1) is 107. The van der Waals surface area contributed by atoms with Crippen molar-refractivity contribution in [2.45, 2.75) is 315 Å². The molecule has 16 nitrogen and oxygen atoms in total. The van der Waals surface area contributed by atoms with Gasteiger partial charge in [0, 0.05) is 155 Å². The number of piperazine rings is 2. The zero-order valence-corrected chi connectivity index (χ0v) is 81.0. The summed E-state index contributed by atoms with van der Waals surface area (Å²) in [6.45, 7) is 72.2. The average molecular weight is 1700 g/mol. The number of sulfonamides is 2. The van der Waals surface area contributed by atoms with Gasteiger partial charge in [-0.2, -0.15) is 8.61 Å². The highest BCUT2D eigenvalue weighted by Crippen LogP contribution is 2.33. The van der Waals surface area contributed by atoms with Crippen molar-refractivity contribution in [3.05, 3.63) is 201 Å². The van der Waals surface area contributed by atoms with Gasteiger partial charge < -0.3 is 9.47 Å². The minimum atomic E-state index is -3.35. The number of likely N-dealkylation sites (tertiary alicyclic amines) is 2. The number of nitrogens with zero attached hydrogens (tertiary/aromatic N) is 10. The van der Waals surface area contributed by atoms with Gasteiger partial charge >= 0.3 is 0 Å². The molecule has 668 valence electrons. The number of pyridine rings is 2. The third kappa shape index (κ3) is 39.6. The van der Waals surface area contributed by atoms with E-state index in [1.807, 2.05) is 42.9 Å². The summed E-state index contributed by atoms with van der Waals surface area (Å²) < 4.78 is 74.9. The zero-order valence-electron chi connectivity index (χ0n) is 78.6. The van der Waals surface area contributed by atoms with E-state index in [0.717, 1.165) is 76.3 Å². The van der Waals surface area contributed by atoms with Crippen LogP contribution in [0.25, 0.3) is 0 Å². The molecular formula is C98H164ClFN10O6S2. The predicted octanol–water partition coefficient (Wildman–Crippen LogP) is 21.5. The van der Waals surface area contributed by atoms with Crippen LogP contribution in [0.15, 0.2) is 146 Å². The number of rotatable bonds is 16. The first-order chi connectivity index (χ1) is 55.6. The van der Waals surface area contributed by atoms with Gasteiger partial charge in [0.2, 0.25) is 20.0 Å². The van der Waals surface area contributed by atoms with Gasteiger partial charge in [0.1, 0.15) is 5.82 Å². The van der Waals surface area contributed by atoms with Crippen LogP contribution < -0.4 is 0 Å². The van der Waals surface area contributed by atoms with Crippen molar-refractivity contribution in [3.8, 4) is 0 Å². The van der Waals surface area contributed by atoms with Crippen molar-refractivity contribution in [1.82, 2.24) is 48.0 Å². The molecule has 5 unspecified atom stereocenters. The maximum Gasteiger partial charge on any atom is 0.218 e. The van der Waals surface area contributed by atoms with E-state index in [0.29, 0.717) is 104 Å². The maximum atomic E-state index is 12.9. The number of aromatic nitrogens is 2. The van der Waals surface area contributed by atoms with Gasteiger partial charge in [-0.3, -0.25) is 39.4 Å². The summed E-state index contributed by atoms with van der Waals surface area (Å²) in [6, 6.07) is 45.5. The molecule has 0 N–H and O–H groups in total. The number of halogens is 2. The van der Waals surface area contributed by atoms with Crippen LogP contribution >= 0.6 is 11.6 Å².